The molecule has 2 N–H and O–H groups in total. The molecule has 0 aliphatic heterocycles. The van der Waals surface area contributed by atoms with E-state index in [4.69, 9.17) is 0 Å². The first-order valence-electron chi connectivity index (χ1n) is 6.89. The Labute approximate surface area is 123 Å². The van der Waals surface area contributed by atoms with Crippen molar-refractivity contribution in [3.05, 3.63) is 29.3 Å². The minimum Gasteiger partial charge on any atom is -0.322 e. The van der Waals surface area contributed by atoms with E-state index in [1.165, 1.54) is 17.1 Å². The molecule has 0 aromatic carbocycles. The molecule has 1 aliphatic carbocycles. The van der Waals surface area contributed by atoms with Gasteiger partial charge in [0, 0.05) is 17.5 Å². The van der Waals surface area contributed by atoms with Crippen molar-refractivity contribution in [2.24, 2.45) is 0 Å². The Hall–Kier alpha value is -2.32. The number of hydrogen-bond donors (Lipinski definition) is 2. The van der Waals surface area contributed by atoms with Gasteiger partial charge in [0.2, 0.25) is 5.91 Å². The highest BCUT2D eigenvalue weighted by atomic mass is 19.4. The first-order valence-corrected chi connectivity index (χ1v) is 6.89. The second-order valence-corrected chi connectivity index (χ2v) is 5.17. The van der Waals surface area contributed by atoms with Gasteiger partial charge >= 0.3 is 6.18 Å². The first kappa shape index (κ1) is 14.6. The maximum atomic E-state index is 13.0. The summed E-state index contributed by atoms with van der Waals surface area (Å²) in [5, 5.41) is 12.4. The van der Waals surface area contributed by atoms with Crippen LogP contribution in [-0.4, -0.2) is 25.9 Å². The molecule has 9 heteroatoms. The zero-order valence-corrected chi connectivity index (χ0v) is 11.6. The quantitative estimate of drug-likeness (QED) is 0.911. The molecule has 1 amide bonds. The van der Waals surface area contributed by atoms with Crippen LogP contribution in [0.15, 0.2) is 12.4 Å². The van der Waals surface area contributed by atoms with Crippen LogP contribution in [0.25, 0.3) is 0 Å². The summed E-state index contributed by atoms with van der Waals surface area (Å²) >= 11 is 0. The van der Waals surface area contributed by atoms with E-state index in [1.54, 1.807) is 0 Å². The summed E-state index contributed by atoms with van der Waals surface area (Å²) in [5.41, 5.74) is 0.344. The summed E-state index contributed by atoms with van der Waals surface area (Å²) < 4.78 is 40.3. The lowest BCUT2D eigenvalue weighted by atomic mass is 9.95. The summed E-state index contributed by atoms with van der Waals surface area (Å²) in [6.07, 6.45) is 0.788. The number of fused-ring (bicyclic) bond motifs is 1. The lowest BCUT2D eigenvalue weighted by Gasteiger charge is -2.14. The number of aromatic nitrogens is 4. The van der Waals surface area contributed by atoms with Crippen molar-refractivity contribution in [1.29, 1.82) is 0 Å². The van der Waals surface area contributed by atoms with Gasteiger partial charge in [-0.1, -0.05) is 0 Å². The van der Waals surface area contributed by atoms with E-state index in [1.807, 2.05) is 0 Å². The Balaban J connectivity index is 1.84. The van der Waals surface area contributed by atoms with Crippen molar-refractivity contribution < 1.29 is 18.0 Å². The molecular formula is C13H14F3N5O. The van der Waals surface area contributed by atoms with Gasteiger partial charge in [-0.25, -0.2) is 0 Å². The van der Waals surface area contributed by atoms with Crippen molar-refractivity contribution in [2.45, 2.75) is 38.4 Å². The van der Waals surface area contributed by atoms with Crippen LogP contribution in [0.2, 0.25) is 0 Å². The number of aromatic amines is 1. The molecule has 0 spiro atoms. The Morgan fingerprint density at radius 3 is 2.82 bits per heavy atom. The molecule has 3 rings (SSSR count). The molecule has 2 heterocycles. The van der Waals surface area contributed by atoms with Gasteiger partial charge < -0.3 is 5.32 Å². The van der Waals surface area contributed by atoms with Gasteiger partial charge in [-0.3, -0.25) is 14.6 Å². The molecule has 1 aliphatic rings. The maximum absolute atomic E-state index is 13.0. The lowest BCUT2D eigenvalue weighted by Crippen LogP contribution is -2.21. The monoisotopic (exact) mass is 313 g/mol. The number of carbonyl (C=O) groups excluding carboxylic acids is 1. The standard InChI is InChI=1S/C13H14F3N5O/c14-13(15,16)12-9-3-1-2-4-10(9)21(20-12)7-11(22)19-8-5-17-18-6-8/h5-6H,1-4,7H2,(H,17,18)(H,19,22). The molecule has 0 atom stereocenters. The minimum absolute atomic E-state index is 0.231. The molecule has 2 aromatic rings. The number of nitrogens with zero attached hydrogens (tertiary/aromatic N) is 3. The van der Waals surface area contributed by atoms with Crippen molar-refractivity contribution in [2.75, 3.05) is 5.32 Å². The van der Waals surface area contributed by atoms with Crippen molar-refractivity contribution in [3.63, 3.8) is 0 Å². The van der Waals surface area contributed by atoms with E-state index in [0.717, 1.165) is 6.42 Å². The van der Waals surface area contributed by atoms with Crippen LogP contribution in [0.5, 0.6) is 0 Å². The predicted octanol–water partition coefficient (Wildman–Crippen LogP) is 2.14. The summed E-state index contributed by atoms with van der Waals surface area (Å²) in [5.74, 6) is -0.439. The number of alkyl halides is 3. The third-order valence-electron chi connectivity index (χ3n) is 3.60. The highest BCUT2D eigenvalue weighted by Gasteiger charge is 2.39. The van der Waals surface area contributed by atoms with Crippen molar-refractivity contribution in [3.8, 4) is 0 Å². The number of amides is 1. The van der Waals surface area contributed by atoms with Crippen LogP contribution >= 0.6 is 0 Å². The first-order chi connectivity index (χ1) is 10.4. The molecule has 6 nitrogen and oxygen atoms in total. The molecule has 0 unspecified atom stereocenters. The topological polar surface area (TPSA) is 75.6 Å². The van der Waals surface area contributed by atoms with E-state index >= 15 is 0 Å². The summed E-state index contributed by atoms with van der Waals surface area (Å²) in [6.45, 7) is -0.246. The zero-order valence-electron chi connectivity index (χ0n) is 11.6. The van der Waals surface area contributed by atoms with E-state index < -0.39 is 17.8 Å². The maximum Gasteiger partial charge on any atom is 0.435 e. The normalized spacial score (nSPS) is 14.7. The van der Waals surface area contributed by atoms with Crippen LogP contribution in [0.3, 0.4) is 0 Å². The minimum atomic E-state index is -4.49. The van der Waals surface area contributed by atoms with Gasteiger partial charge in [-0.2, -0.15) is 23.4 Å². The van der Waals surface area contributed by atoms with Gasteiger partial charge in [-0.15, -0.1) is 0 Å². The third kappa shape index (κ3) is 2.83. The van der Waals surface area contributed by atoms with Crippen LogP contribution in [0.1, 0.15) is 29.8 Å². The van der Waals surface area contributed by atoms with Gasteiger partial charge in [0.15, 0.2) is 5.69 Å². The average molecular weight is 313 g/mol. The molecule has 0 bridgehead atoms. The molecule has 118 valence electrons. The second kappa shape index (κ2) is 5.47. The van der Waals surface area contributed by atoms with Gasteiger partial charge in [0.05, 0.1) is 11.9 Å². The fourth-order valence-electron chi connectivity index (χ4n) is 2.69. The molecule has 2 aromatic heterocycles. The predicted molar refractivity (Wildman–Crippen MR) is 71.1 cm³/mol. The SMILES string of the molecule is O=C(Cn1nc(C(F)(F)F)c2c1CCCC2)Nc1cn[nH]c1. The smallest absolute Gasteiger partial charge is 0.322 e. The molecular weight excluding hydrogens is 299 g/mol. The van der Waals surface area contributed by atoms with Crippen molar-refractivity contribution >= 4 is 11.6 Å². The zero-order chi connectivity index (χ0) is 15.7. The van der Waals surface area contributed by atoms with Crippen LogP contribution in [0.4, 0.5) is 18.9 Å². The van der Waals surface area contributed by atoms with Gasteiger partial charge in [0.25, 0.3) is 0 Å². The highest BCUT2D eigenvalue weighted by Crippen LogP contribution is 2.35. The molecule has 0 fully saturated rings. The number of anilines is 1. The summed E-state index contributed by atoms with van der Waals surface area (Å²) in [4.78, 5) is 11.9. The number of rotatable bonds is 3. The second-order valence-electron chi connectivity index (χ2n) is 5.17. The number of halogens is 3. The van der Waals surface area contributed by atoms with Crippen molar-refractivity contribution in [1.82, 2.24) is 20.0 Å². The van der Waals surface area contributed by atoms with Crippen LogP contribution in [0, 0.1) is 0 Å². The lowest BCUT2D eigenvalue weighted by molar-refractivity contribution is -0.142. The molecule has 0 saturated carbocycles. The number of carbonyl (C=O) groups is 1. The van der Waals surface area contributed by atoms with Gasteiger partial charge in [0.1, 0.15) is 6.54 Å². The van der Waals surface area contributed by atoms with E-state index in [9.17, 15) is 18.0 Å². The summed E-state index contributed by atoms with van der Waals surface area (Å²) in [7, 11) is 0. The Bertz CT molecular complexity index is 675. The third-order valence-corrected chi connectivity index (χ3v) is 3.60. The van der Waals surface area contributed by atoms with E-state index in [-0.39, 0.29) is 12.1 Å². The Kier molecular flexibility index (Phi) is 3.63. The number of H-pyrrole nitrogens is 1. The fraction of sp³-hybridized carbons (Fsp3) is 0.462. The Morgan fingerprint density at radius 2 is 2.14 bits per heavy atom. The largest absolute Gasteiger partial charge is 0.435 e. The number of hydrogen-bond acceptors (Lipinski definition) is 3. The number of nitrogens with one attached hydrogen (secondary N) is 2. The molecule has 22 heavy (non-hydrogen) atoms. The van der Waals surface area contributed by atoms with Gasteiger partial charge in [-0.05, 0) is 25.7 Å². The van der Waals surface area contributed by atoms with E-state index in [2.05, 4.69) is 20.6 Å². The highest BCUT2D eigenvalue weighted by molar-refractivity contribution is 5.90. The van der Waals surface area contributed by atoms with E-state index in [0.29, 0.717) is 30.6 Å². The molecule has 0 radical (unpaired) electrons. The van der Waals surface area contributed by atoms with Crippen LogP contribution < -0.4 is 5.32 Å². The fourth-order valence-corrected chi connectivity index (χ4v) is 2.69. The average Bonchev–Trinajstić information content (AvgIpc) is 3.06. The molecule has 0 saturated heterocycles. The summed E-state index contributed by atoms with van der Waals surface area (Å²) in [6, 6.07) is 0. The van der Waals surface area contributed by atoms with Crippen LogP contribution in [-0.2, 0) is 30.4 Å². The Morgan fingerprint density at radius 1 is 1.36 bits per heavy atom.